The summed E-state index contributed by atoms with van der Waals surface area (Å²) in [7, 11) is -3.61. The van der Waals surface area contributed by atoms with Crippen molar-refractivity contribution in [3.63, 3.8) is 0 Å². The van der Waals surface area contributed by atoms with Crippen LogP contribution in [0.2, 0.25) is 0 Å². The first-order valence-corrected chi connectivity index (χ1v) is 8.75. The second kappa shape index (κ2) is 6.26. The maximum absolute atomic E-state index is 12.3. The molecule has 4 nitrogen and oxygen atoms in total. The van der Waals surface area contributed by atoms with E-state index in [2.05, 4.69) is 36.6 Å². The first-order valence-electron chi connectivity index (χ1n) is 5.68. The average Bonchev–Trinajstić information content (AvgIpc) is 2.40. The second-order valence-corrected chi connectivity index (χ2v) is 7.60. The monoisotopic (exact) mass is 418 g/mol. The van der Waals surface area contributed by atoms with Gasteiger partial charge in [0.2, 0.25) is 10.0 Å². The normalized spacial score (nSPS) is 11.5. The maximum Gasteiger partial charge on any atom is 0.242 e. The molecule has 7 heteroatoms. The quantitative estimate of drug-likeness (QED) is 0.747. The highest BCUT2D eigenvalue weighted by atomic mass is 79.9. The minimum absolute atomic E-state index is 0.147. The highest BCUT2D eigenvalue weighted by Crippen LogP contribution is 2.25. The van der Waals surface area contributed by atoms with Crippen molar-refractivity contribution in [1.29, 1.82) is 0 Å². The lowest BCUT2D eigenvalue weighted by atomic mass is 10.2. The zero-order valence-corrected chi connectivity index (χ0v) is 14.3. The topological polar surface area (TPSA) is 72.2 Å². The number of para-hydroxylation sites is 1. The molecule has 3 N–H and O–H groups in total. The number of hydrogen-bond donors (Lipinski definition) is 2. The molecule has 0 saturated heterocycles. The molecule has 0 radical (unpaired) electrons. The molecule has 0 aromatic heterocycles. The zero-order chi connectivity index (χ0) is 14.8. The lowest BCUT2D eigenvalue weighted by Gasteiger charge is -2.10. The van der Waals surface area contributed by atoms with E-state index < -0.39 is 10.0 Å². The van der Waals surface area contributed by atoms with Gasteiger partial charge in [-0.25, -0.2) is 13.1 Å². The van der Waals surface area contributed by atoms with Gasteiger partial charge in [-0.3, -0.25) is 0 Å². The highest BCUT2D eigenvalue weighted by Gasteiger charge is 2.18. The van der Waals surface area contributed by atoms with Crippen LogP contribution in [0, 0.1) is 0 Å². The summed E-state index contributed by atoms with van der Waals surface area (Å²) in [6.45, 7) is 0.147. The second-order valence-electron chi connectivity index (χ2n) is 4.10. The smallest absolute Gasteiger partial charge is 0.242 e. The summed E-state index contributed by atoms with van der Waals surface area (Å²) >= 11 is 6.51. The third-order valence-corrected chi connectivity index (χ3v) is 5.58. The van der Waals surface area contributed by atoms with Gasteiger partial charge in [-0.15, -0.1) is 0 Å². The fourth-order valence-corrected chi connectivity index (χ4v) is 4.14. The summed E-state index contributed by atoms with van der Waals surface area (Å²) in [6.07, 6.45) is 0. The number of nitrogen functional groups attached to an aromatic ring is 1. The van der Waals surface area contributed by atoms with Crippen LogP contribution >= 0.6 is 31.9 Å². The number of nitrogens with two attached hydrogens (primary N) is 1. The van der Waals surface area contributed by atoms with E-state index in [1.54, 1.807) is 36.4 Å². The number of sulfonamides is 1. The molecule has 0 unspecified atom stereocenters. The number of hydrogen-bond acceptors (Lipinski definition) is 3. The summed E-state index contributed by atoms with van der Waals surface area (Å²) in [5, 5.41) is 0. The fourth-order valence-electron chi connectivity index (χ4n) is 1.63. The van der Waals surface area contributed by atoms with Crippen LogP contribution in [0.15, 0.2) is 56.3 Å². The van der Waals surface area contributed by atoms with Gasteiger partial charge in [-0.05, 0) is 45.8 Å². The SMILES string of the molecule is Nc1ccccc1CNS(=O)(=O)c1cc(Br)ccc1Br. The van der Waals surface area contributed by atoms with Crippen molar-refractivity contribution in [2.75, 3.05) is 5.73 Å². The molecular weight excluding hydrogens is 408 g/mol. The van der Waals surface area contributed by atoms with Gasteiger partial charge in [0.25, 0.3) is 0 Å². The molecule has 2 aromatic rings. The number of anilines is 1. The Labute approximate surface area is 134 Å². The van der Waals surface area contributed by atoms with Crippen LogP contribution in [-0.2, 0) is 16.6 Å². The molecule has 0 amide bonds. The van der Waals surface area contributed by atoms with Crippen LogP contribution in [0.3, 0.4) is 0 Å². The van der Waals surface area contributed by atoms with E-state index in [1.807, 2.05) is 6.07 Å². The lowest BCUT2D eigenvalue weighted by Crippen LogP contribution is -2.24. The largest absolute Gasteiger partial charge is 0.398 e. The predicted molar refractivity (Wildman–Crippen MR) is 86.7 cm³/mol. The van der Waals surface area contributed by atoms with E-state index in [-0.39, 0.29) is 11.4 Å². The Balaban J connectivity index is 2.24. The molecule has 0 bridgehead atoms. The summed E-state index contributed by atoms with van der Waals surface area (Å²) in [5.74, 6) is 0. The summed E-state index contributed by atoms with van der Waals surface area (Å²) < 4.78 is 28.3. The Hall–Kier alpha value is -0.890. The molecule has 0 heterocycles. The van der Waals surface area contributed by atoms with Crippen molar-refractivity contribution in [2.24, 2.45) is 0 Å². The Bertz CT molecular complexity index is 733. The lowest BCUT2D eigenvalue weighted by molar-refractivity contribution is 0.581. The van der Waals surface area contributed by atoms with E-state index in [4.69, 9.17) is 5.73 Å². The molecule has 20 heavy (non-hydrogen) atoms. The van der Waals surface area contributed by atoms with E-state index >= 15 is 0 Å². The van der Waals surface area contributed by atoms with Crippen LogP contribution in [0.1, 0.15) is 5.56 Å². The Morgan fingerprint density at radius 3 is 2.50 bits per heavy atom. The van der Waals surface area contributed by atoms with Crippen LogP contribution in [0.4, 0.5) is 5.69 Å². The van der Waals surface area contributed by atoms with Crippen LogP contribution in [0.5, 0.6) is 0 Å². The van der Waals surface area contributed by atoms with Crippen LogP contribution in [-0.4, -0.2) is 8.42 Å². The molecule has 0 fully saturated rings. The Morgan fingerprint density at radius 1 is 1.10 bits per heavy atom. The number of nitrogens with one attached hydrogen (secondary N) is 1. The molecule has 2 rings (SSSR count). The molecule has 106 valence electrons. The van der Waals surface area contributed by atoms with Gasteiger partial charge in [-0.2, -0.15) is 0 Å². The minimum atomic E-state index is -3.61. The van der Waals surface area contributed by atoms with Crippen molar-refractivity contribution in [1.82, 2.24) is 4.72 Å². The molecule has 0 atom stereocenters. The summed E-state index contributed by atoms with van der Waals surface area (Å²) in [4.78, 5) is 0.182. The van der Waals surface area contributed by atoms with Gasteiger partial charge in [0.15, 0.2) is 0 Å². The summed E-state index contributed by atoms with van der Waals surface area (Å²) in [6, 6.07) is 12.1. The van der Waals surface area contributed by atoms with E-state index in [0.29, 0.717) is 14.6 Å². The fraction of sp³-hybridized carbons (Fsp3) is 0.0769. The maximum atomic E-state index is 12.3. The number of rotatable bonds is 4. The van der Waals surface area contributed by atoms with Gasteiger partial charge in [-0.1, -0.05) is 34.1 Å². The molecule has 0 aliphatic rings. The first-order chi connectivity index (χ1) is 9.40. The Morgan fingerprint density at radius 2 is 1.80 bits per heavy atom. The van der Waals surface area contributed by atoms with E-state index in [9.17, 15) is 8.42 Å². The van der Waals surface area contributed by atoms with Gasteiger partial charge in [0.1, 0.15) is 0 Å². The van der Waals surface area contributed by atoms with Crippen molar-refractivity contribution in [3.05, 3.63) is 57.0 Å². The summed E-state index contributed by atoms with van der Waals surface area (Å²) in [5.41, 5.74) is 7.09. The van der Waals surface area contributed by atoms with E-state index in [0.717, 1.165) is 5.56 Å². The third kappa shape index (κ3) is 3.60. The predicted octanol–water partition coefficient (Wildman–Crippen LogP) is 3.27. The van der Waals surface area contributed by atoms with E-state index in [1.165, 1.54) is 0 Å². The molecular formula is C13H12Br2N2O2S. The standard InChI is InChI=1S/C13H12Br2N2O2S/c14-10-5-6-11(15)13(7-10)20(18,19)17-8-9-3-1-2-4-12(9)16/h1-7,17H,8,16H2. The van der Waals surface area contributed by atoms with Crippen molar-refractivity contribution in [2.45, 2.75) is 11.4 Å². The molecule has 0 saturated carbocycles. The average molecular weight is 420 g/mol. The highest BCUT2D eigenvalue weighted by molar-refractivity contribution is 9.11. The van der Waals surface area contributed by atoms with Gasteiger partial charge < -0.3 is 5.73 Å². The number of benzene rings is 2. The third-order valence-electron chi connectivity index (χ3n) is 2.69. The van der Waals surface area contributed by atoms with Crippen molar-refractivity contribution >= 4 is 47.6 Å². The van der Waals surface area contributed by atoms with Gasteiger partial charge in [0, 0.05) is 21.2 Å². The molecule has 0 aliphatic heterocycles. The van der Waals surface area contributed by atoms with Gasteiger partial charge in [0.05, 0.1) is 4.90 Å². The number of halogens is 2. The molecule has 2 aromatic carbocycles. The van der Waals surface area contributed by atoms with Crippen LogP contribution in [0.25, 0.3) is 0 Å². The Kier molecular flexibility index (Phi) is 4.85. The van der Waals surface area contributed by atoms with Crippen molar-refractivity contribution in [3.8, 4) is 0 Å². The van der Waals surface area contributed by atoms with Crippen molar-refractivity contribution < 1.29 is 8.42 Å². The first kappa shape index (κ1) is 15.5. The molecule has 0 aliphatic carbocycles. The minimum Gasteiger partial charge on any atom is -0.398 e. The van der Waals surface area contributed by atoms with Crippen LogP contribution < -0.4 is 10.5 Å². The zero-order valence-electron chi connectivity index (χ0n) is 10.3. The molecule has 0 spiro atoms. The van der Waals surface area contributed by atoms with Gasteiger partial charge >= 0.3 is 0 Å².